The predicted molar refractivity (Wildman–Crippen MR) is 101 cm³/mol. The number of carbonyl (C=O) groups excluding carboxylic acids is 2. The maximum absolute atomic E-state index is 13.3. The van der Waals surface area contributed by atoms with Gasteiger partial charge in [-0.1, -0.05) is 0 Å². The summed E-state index contributed by atoms with van der Waals surface area (Å²) >= 11 is 0. The van der Waals surface area contributed by atoms with Crippen molar-refractivity contribution >= 4 is 11.8 Å². The first-order valence-corrected chi connectivity index (χ1v) is 10.1. The molecule has 1 atom stereocenters. The van der Waals surface area contributed by atoms with Crippen molar-refractivity contribution in [3.8, 4) is 0 Å². The number of piperidine rings is 2. The Hall–Kier alpha value is -2.02. The van der Waals surface area contributed by atoms with Gasteiger partial charge >= 0.3 is 0 Å². The second kappa shape index (κ2) is 7.54. The SMILES string of the molecule is CN1CCCC2(CCN(C(=O)c3cncnc3)CC2)C1C(=O)N1CCCC1. The van der Waals surface area contributed by atoms with Gasteiger partial charge in [0.25, 0.3) is 5.91 Å². The Kier molecular flexibility index (Phi) is 5.12. The molecule has 0 N–H and O–H groups in total. The van der Waals surface area contributed by atoms with E-state index in [1.54, 1.807) is 12.4 Å². The zero-order valence-electron chi connectivity index (χ0n) is 16.1. The number of hydrogen-bond acceptors (Lipinski definition) is 5. The molecule has 4 heterocycles. The Morgan fingerprint density at radius 2 is 1.59 bits per heavy atom. The summed E-state index contributed by atoms with van der Waals surface area (Å²) in [6.07, 6.45) is 10.8. The van der Waals surface area contributed by atoms with Gasteiger partial charge in [-0.2, -0.15) is 0 Å². The minimum atomic E-state index is -0.0401. The second-order valence-corrected chi connectivity index (χ2v) is 8.30. The standard InChI is InChI=1S/C20H29N5O2/c1-23-8-4-5-20(17(23)19(27)24-9-2-3-10-24)6-11-25(12-7-20)18(26)16-13-21-15-22-14-16/h13-15,17H,2-12H2,1H3. The largest absolute Gasteiger partial charge is 0.341 e. The van der Waals surface area contributed by atoms with E-state index in [4.69, 9.17) is 0 Å². The molecule has 146 valence electrons. The fourth-order valence-corrected chi connectivity index (χ4v) is 5.25. The van der Waals surface area contributed by atoms with Crippen LogP contribution in [0.1, 0.15) is 48.9 Å². The predicted octanol–water partition coefficient (Wildman–Crippen LogP) is 1.42. The number of carbonyl (C=O) groups is 2. The summed E-state index contributed by atoms with van der Waals surface area (Å²) in [5.41, 5.74) is 0.537. The van der Waals surface area contributed by atoms with E-state index in [2.05, 4.69) is 26.8 Å². The van der Waals surface area contributed by atoms with E-state index in [-0.39, 0.29) is 17.4 Å². The number of hydrogen-bond donors (Lipinski definition) is 0. The number of likely N-dealkylation sites (tertiary alicyclic amines) is 3. The zero-order valence-corrected chi connectivity index (χ0v) is 16.1. The lowest BCUT2D eigenvalue weighted by Gasteiger charge is -2.52. The zero-order chi connectivity index (χ0) is 18.9. The average Bonchev–Trinajstić information content (AvgIpc) is 3.23. The average molecular weight is 371 g/mol. The number of rotatable bonds is 2. The van der Waals surface area contributed by atoms with Crippen LogP contribution in [0, 0.1) is 5.41 Å². The quantitative estimate of drug-likeness (QED) is 0.786. The first-order valence-electron chi connectivity index (χ1n) is 10.1. The summed E-state index contributed by atoms with van der Waals surface area (Å²) in [4.78, 5) is 40.2. The van der Waals surface area contributed by atoms with Crippen molar-refractivity contribution in [2.45, 2.75) is 44.6 Å². The summed E-state index contributed by atoms with van der Waals surface area (Å²) in [5, 5.41) is 0. The van der Waals surface area contributed by atoms with Crippen molar-refractivity contribution in [1.29, 1.82) is 0 Å². The van der Waals surface area contributed by atoms with Gasteiger partial charge in [-0.3, -0.25) is 14.5 Å². The number of likely N-dealkylation sites (N-methyl/N-ethyl adjacent to an activating group) is 1. The molecule has 3 saturated heterocycles. The van der Waals surface area contributed by atoms with Gasteiger partial charge in [0.15, 0.2) is 0 Å². The maximum atomic E-state index is 13.3. The molecular formula is C20H29N5O2. The minimum absolute atomic E-state index is 0.00275. The van der Waals surface area contributed by atoms with Crippen LogP contribution in [0.4, 0.5) is 0 Å². The Morgan fingerprint density at radius 1 is 0.926 bits per heavy atom. The van der Waals surface area contributed by atoms with Crippen LogP contribution in [0.5, 0.6) is 0 Å². The summed E-state index contributed by atoms with van der Waals surface area (Å²) in [5.74, 6) is 0.308. The van der Waals surface area contributed by atoms with E-state index >= 15 is 0 Å². The molecule has 0 bridgehead atoms. The summed E-state index contributed by atoms with van der Waals surface area (Å²) in [6.45, 7) is 4.18. The van der Waals surface area contributed by atoms with Crippen LogP contribution in [0.2, 0.25) is 0 Å². The van der Waals surface area contributed by atoms with Crippen LogP contribution in [-0.4, -0.2) is 82.3 Å². The molecule has 0 radical (unpaired) electrons. The molecule has 1 unspecified atom stereocenters. The Balaban J connectivity index is 1.49. The highest BCUT2D eigenvalue weighted by Crippen LogP contribution is 2.45. The third-order valence-corrected chi connectivity index (χ3v) is 6.71. The minimum Gasteiger partial charge on any atom is -0.341 e. The van der Waals surface area contributed by atoms with Gasteiger partial charge in [-0.05, 0) is 57.5 Å². The maximum Gasteiger partial charge on any atom is 0.256 e. The molecule has 4 rings (SSSR count). The second-order valence-electron chi connectivity index (χ2n) is 8.30. The topological polar surface area (TPSA) is 69.6 Å². The van der Waals surface area contributed by atoms with E-state index in [0.29, 0.717) is 24.6 Å². The molecule has 1 spiro atoms. The van der Waals surface area contributed by atoms with Gasteiger partial charge in [0.05, 0.1) is 11.6 Å². The molecule has 7 heteroatoms. The first-order chi connectivity index (χ1) is 13.1. The number of amides is 2. The first kappa shape index (κ1) is 18.3. The van der Waals surface area contributed by atoms with Crippen molar-refractivity contribution in [1.82, 2.24) is 24.7 Å². The van der Waals surface area contributed by atoms with Crippen molar-refractivity contribution in [3.63, 3.8) is 0 Å². The molecule has 0 aliphatic carbocycles. The van der Waals surface area contributed by atoms with E-state index < -0.39 is 0 Å². The highest BCUT2D eigenvalue weighted by molar-refractivity contribution is 5.93. The van der Waals surface area contributed by atoms with Crippen LogP contribution in [0.25, 0.3) is 0 Å². The molecule has 27 heavy (non-hydrogen) atoms. The summed E-state index contributed by atoms with van der Waals surface area (Å²) in [7, 11) is 2.10. The van der Waals surface area contributed by atoms with Gasteiger partial charge in [0, 0.05) is 38.6 Å². The lowest BCUT2D eigenvalue weighted by molar-refractivity contribution is -0.145. The van der Waals surface area contributed by atoms with Crippen LogP contribution < -0.4 is 0 Å². The van der Waals surface area contributed by atoms with E-state index in [9.17, 15) is 9.59 Å². The van der Waals surface area contributed by atoms with Crippen LogP contribution in [0.15, 0.2) is 18.7 Å². The normalized spacial score (nSPS) is 25.7. The fraction of sp³-hybridized carbons (Fsp3) is 0.700. The lowest BCUT2D eigenvalue weighted by atomic mass is 9.66. The van der Waals surface area contributed by atoms with Crippen molar-refractivity contribution in [2.75, 3.05) is 39.8 Å². The number of aromatic nitrogens is 2. The Bertz CT molecular complexity index is 681. The van der Waals surface area contributed by atoms with Gasteiger partial charge < -0.3 is 9.80 Å². The highest BCUT2D eigenvalue weighted by Gasteiger charge is 2.50. The van der Waals surface area contributed by atoms with Crippen molar-refractivity contribution in [3.05, 3.63) is 24.3 Å². The van der Waals surface area contributed by atoms with Gasteiger partial charge in [0.1, 0.15) is 6.33 Å². The van der Waals surface area contributed by atoms with E-state index in [0.717, 1.165) is 58.2 Å². The molecule has 0 aromatic carbocycles. The van der Waals surface area contributed by atoms with Crippen LogP contribution >= 0.6 is 0 Å². The molecule has 7 nitrogen and oxygen atoms in total. The third-order valence-electron chi connectivity index (χ3n) is 6.71. The molecule has 1 aromatic heterocycles. The lowest BCUT2D eigenvalue weighted by Crippen LogP contribution is -2.61. The molecule has 3 aliphatic rings. The fourth-order valence-electron chi connectivity index (χ4n) is 5.25. The van der Waals surface area contributed by atoms with Gasteiger partial charge in [-0.15, -0.1) is 0 Å². The highest BCUT2D eigenvalue weighted by atomic mass is 16.2. The smallest absolute Gasteiger partial charge is 0.256 e. The van der Waals surface area contributed by atoms with Gasteiger partial charge in [-0.25, -0.2) is 9.97 Å². The number of nitrogens with zero attached hydrogens (tertiary/aromatic N) is 5. The Labute approximate surface area is 160 Å². The molecule has 3 fully saturated rings. The molecule has 3 aliphatic heterocycles. The van der Waals surface area contributed by atoms with E-state index in [1.807, 2.05) is 4.90 Å². The van der Waals surface area contributed by atoms with Crippen molar-refractivity contribution < 1.29 is 9.59 Å². The summed E-state index contributed by atoms with van der Waals surface area (Å²) in [6, 6.07) is -0.0401. The third kappa shape index (κ3) is 3.45. The molecule has 2 amide bonds. The van der Waals surface area contributed by atoms with Crippen LogP contribution in [-0.2, 0) is 4.79 Å². The Morgan fingerprint density at radius 3 is 2.26 bits per heavy atom. The van der Waals surface area contributed by atoms with Crippen molar-refractivity contribution in [2.24, 2.45) is 5.41 Å². The van der Waals surface area contributed by atoms with Crippen LogP contribution in [0.3, 0.4) is 0 Å². The molecule has 1 aromatic rings. The molecular weight excluding hydrogens is 342 g/mol. The molecule has 0 saturated carbocycles. The monoisotopic (exact) mass is 371 g/mol. The van der Waals surface area contributed by atoms with E-state index in [1.165, 1.54) is 6.33 Å². The summed E-state index contributed by atoms with van der Waals surface area (Å²) < 4.78 is 0. The van der Waals surface area contributed by atoms with Gasteiger partial charge in [0.2, 0.25) is 5.91 Å².